The summed E-state index contributed by atoms with van der Waals surface area (Å²) in [5, 5.41) is -0.108. The summed E-state index contributed by atoms with van der Waals surface area (Å²) in [6.07, 6.45) is 1.15. The van der Waals surface area contributed by atoms with E-state index in [1.807, 2.05) is 0 Å². The van der Waals surface area contributed by atoms with Gasteiger partial charge in [0.2, 0.25) is 0 Å². The number of aldehydes is 1. The lowest BCUT2D eigenvalue weighted by atomic mass is 10.1. The highest BCUT2D eigenvalue weighted by molar-refractivity contribution is 6.31. The van der Waals surface area contributed by atoms with Gasteiger partial charge < -0.3 is 4.79 Å². The predicted molar refractivity (Wildman–Crippen MR) is 45.8 cm³/mol. The zero-order chi connectivity index (χ0) is 9.84. The number of aryl methyl sites for hydroxylation is 1. The van der Waals surface area contributed by atoms with Gasteiger partial charge in [0.1, 0.15) is 17.9 Å². The van der Waals surface area contributed by atoms with Crippen LogP contribution in [0.25, 0.3) is 0 Å². The summed E-state index contributed by atoms with van der Waals surface area (Å²) >= 11 is 5.54. The molecule has 0 aromatic heterocycles. The largest absolute Gasteiger partial charge is 0.303 e. The highest BCUT2D eigenvalue weighted by atomic mass is 35.5. The fourth-order valence-corrected chi connectivity index (χ4v) is 1.21. The molecule has 13 heavy (non-hydrogen) atoms. The van der Waals surface area contributed by atoms with Crippen LogP contribution in [0.5, 0.6) is 0 Å². The minimum absolute atomic E-state index is 0.108. The predicted octanol–water partition coefficient (Wildman–Crippen LogP) is 2.75. The molecule has 4 heteroatoms. The topological polar surface area (TPSA) is 17.1 Å². The Morgan fingerprint density at radius 3 is 2.69 bits per heavy atom. The van der Waals surface area contributed by atoms with Gasteiger partial charge in [-0.15, -0.1) is 0 Å². The SMILES string of the molecule is O=CCCc1cc(F)cc(F)c1Cl. The lowest BCUT2D eigenvalue weighted by molar-refractivity contribution is -0.107. The van der Waals surface area contributed by atoms with Crippen LogP contribution >= 0.6 is 11.6 Å². The van der Waals surface area contributed by atoms with Crippen LogP contribution in [0.1, 0.15) is 12.0 Å². The Bertz CT molecular complexity index is 326. The quantitative estimate of drug-likeness (QED) is 0.547. The van der Waals surface area contributed by atoms with Gasteiger partial charge in [0.15, 0.2) is 0 Å². The second-order valence-corrected chi connectivity index (χ2v) is 2.94. The van der Waals surface area contributed by atoms with Gasteiger partial charge >= 0.3 is 0 Å². The number of carbonyl (C=O) groups is 1. The van der Waals surface area contributed by atoms with E-state index in [-0.39, 0.29) is 17.9 Å². The van der Waals surface area contributed by atoms with E-state index >= 15 is 0 Å². The molecule has 0 bridgehead atoms. The van der Waals surface area contributed by atoms with Crippen molar-refractivity contribution in [3.05, 3.63) is 34.4 Å². The minimum atomic E-state index is -0.789. The average molecular weight is 205 g/mol. The van der Waals surface area contributed by atoms with Crippen LogP contribution in [-0.4, -0.2) is 6.29 Å². The summed E-state index contributed by atoms with van der Waals surface area (Å²) in [4.78, 5) is 10.0. The molecule has 0 fully saturated rings. The molecule has 0 aliphatic carbocycles. The van der Waals surface area contributed by atoms with Crippen LogP contribution in [0.3, 0.4) is 0 Å². The van der Waals surface area contributed by atoms with Crippen LogP contribution in [0, 0.1) is 11.6 Å². The van der Waals surface area contributed by atoms with E-state index in [1.54, 1.807) is 0 Å². The summed E-state index contributed by atoms with van der Waals surface area (Å²) in [7, 11) is 0. The van der Waals surface area contributed by atoms with Crippen molar-refractivity contribution in [3.63, 3.8) is 0 Å². The molecule has 0 heterocycles. The van der Waals surface area contributed by atoms with Gasteiger partial charge in [0.05, 0.1) is 5.02 Å². The first-order valence-corrected chi connectivity index (χ1v) is 4.10. The number of carbonyl (C=O) groups excluding carboxylic acids is 1. The van der Waals surface area contributed by atoms with Crippen LogP contribution in [-0.2, 0) is 11.2 Å². The third kappa shape index (κ3) is 2.49. The van der Waals surface area contributed by atoms with Crippen molar-refractivity contribution >= 4 is 17.9 Å². The highest BCUT2D eigenvalue weighted by Crippen LogP contribution is 2.22. The Morgan fingerprint density at radius 1 is 1.38 bits per heavy atom. The van der Waals surface area contributed by atoms with E-state index in [1.165, 1.54) is 0 Å². The van der Waals surface area contributed by atoms with Crippen molar-refractivity contribution in [1.82, 2.24) is 0 Å². The average Bonchev–Trinajstić information content (AvgIpc) is 2.09. The standard InChI is InChI=1S/C9H7ClF2O/c10-9-6(2-1-3-13)4-7(11)5-8(9)12/h3-5H,1-2H2. The summed E-state index contributed by atoms with van der Waals surface area (Å²) in [5.74, 6) is -1.47. The van der Waals surface area contributed by atoms with E-state index < -0.39 is 11.6 Å². The second-order valence-electron chi connectivity index (χ2n) is 2.57. The minimum Gasteiger partial charge on any atom is -0.303 e. The molecule has 0 atom stereocenters. The molecular weight excluding hydrogens is 198 g/mol. The first kappa shape index (κ1) is 10.1. The molecule has 0 aliphatic rings. The third-order valence-corrected chi connectivity index (χ3v) is 2.02. The molecule has 0 N–H and O–H groups in total. The fourth-order valence-electron chi connectivity index (χ4n) is 1.01. The van der Waals surface area contributed by atoms with Crippen molar-refractivity contribution in [1.29, 1.82) is 0 Å². The molecule has 1 rings (SSSR count). The molecule has 0 spiro atoms. The molecule has 0 saturated heterocycles. The van der Waals surface area contributed by atoms with Crippen LogP contribution in [0.4, 0.5) is 8.78 Å². The van der Waals surface area contributed by atoms with E-state index in [0.717, 1.165) is 6.07 Å². The monoisotopic (exact) mass is 204 g/mol. The molecule has 0 aliphatic heterocycles. The van der Waals surface area contributed by atoms with Crippen LogP contribution < -0.4 is 0 Å². The summed E-state index contributed by atoms with van der Waals surface area (Å²) in [6.45, 7) is 0. The van der Waals surface area contributed by atoms with Gasteiger partial charge in [0.25, 0.3) is 0 Å². The van der Waals surface area contributed by atoms with Crippen molar-refractivity contribution < 1.29 is 13.6 Å². The summed E-state index contributed by atoms with van der Waals surface area (Å²) < 4.78 is 25.5. The highest BCUT2D eigenvalue weighted by Gasteiger charge is 2.08. The van der Waals surface area contributed by atoms with E-state index in [2.05, 4.69) is 0 Å². The van der Waals surface area contributed by atoms with Crippen molar-refractivity contribution in [2.45, 2.75) is 12.8 Å². The molecule has 0 radical (unpaired) electrons. The molecular formula is C9H7ClF2O. The molecule has 0 amide bonds. The number of benzene rings is 1. The van der Waals surface area contributed by atoms with Crippen molar-refractivity contribution in [3.8, 4) is 0 Å². The smallest absolute Gasteiger partial charge is 0.144 e. The Kier molecular flexibility index (Phi) is 3.37. The molecule has 1 aromatic rings. The zero-order valence-electron chi connectivity index (χ0n) is 6.69. The van der Waals surface area contributed by atoms with Crippen LogP contribution in [0.15, 0.2) is 12.1 Å². The van der Waals surface area contributed by atoms with E-state index in [4.69, 9.17) is 11.6 Å². The zero-order valence-corrected chi connectivity index (χ0v) is 7.44. The van der Waals surface area contributed by atoms with Gasteiger partial charge in [-0.3, -0.25) is 0 Å². The Balaban J connectivity index is 2.98. The molecule has 1 nitrogen and oxygen atoms in total. The van der Waals surface area contributed by atoms with Crippen molar-refractivity contribution in [2.75, 3.05) is 0 Å². The molecule has 70 valence electrons. The first-order chi connectivity index (χ1) is 6.15. The lowest BCUT2D eigenvalue weighted by Crippen LogP contribution is -1.92. The second kappa shape index (κ2) is 4.33. The van der Waals surface area contributed by atoms with Crippen LogP contribution in [0.2, 0.25) is 5.02 Å². The Labute approximate surface area is 79.3 Å². The number of hydrogen-bond acceptors (Lipinski definition) is 1. The van der Waals surface area contributed by atoms with Gasteiger partial charge in [0, 0.05) is 12.5 Å². The number of rotatable bonds is 3. The third-order valence-electron chi connectivity index (χ3n) is 1.60. The maximum absolute atomic E-state index is 12.8. The first-order valence-electron chi connectivity index (χ1n) is 3.72. The summed E-state index contributed by atoms with van der Waals surface area (Å²) in [6, 6.07) is 1.85. The normalized spacial score (nSPS) is 10.1. The summed E-state index contributed by atoms with van der Waals surface area (Å²) in [5.41, 5.74) is 0.325. The van der Waals surface area contributed by atoms with Gasteiger partial charge in [-0.05, 0) is 18.1 Å². The number of hydrogen-bond donors (Lipinski definition) is 0. The van der Waals surface area contributed by atoms with Crippen molar-refractivity contribution in [2.24, 2.45) is 0 Å². The van der Waals surface area contributed by atoms with Gasteiger partial charge in [-0.1, -0.05) is 11.6 Å². The molecule has 1 aromatic carbocycles. The van der Waals surface area contributed by atoms with Gasteiger partial charge in [-0.2, -0.15) is 0 Å². The van der Waals surface area contributed by atoms with E-state index in [9.17, 15) is 13.6 Å². The maximum atomic E-state index is 12.8. The lowest BCUT2D eigenvalue weighted by Gasteiger charge is -2.02. The molecule has 0 unspecified atom stereocenters. The van der Waals surface area contributed by atoms with E-state index in [0.29, 0.717) is 17.9 Å². The Hall–Kier alpha value is -0.960. The fraction of sp³-hybridized carbons (Fsp3) is 0.222. The number of halogens is 3. The molecule has 0 saturated carbocycles. The Morgan fingerprint density at radius 2 is 2.08 bits per heavy atom. The van der Waals surface area contributed by atoms with Gasteiger partial charge in [-0.25, -0.2) is 8.78 Å². The maximum Gasteiger partial charge on any atom is 0.144 e.